The standard InChI is InChI=1S/C13H20N2O2/c1-13(2,9-17-3)15-12(16)8-10-4-6-11(14)7-5-10/h4-7H,8-9,14H2,1-3H3,(H,15,16). The van der Waals surface area contributed by atoms with E-state index in [0.717, 1.165) is 5.56 Å². The van der Waals surface area contributed by atoms with Gasteiger partial charge in [0.05, 0.1) is 18.6 Å². The summed E-state index contributed by atoms with van der Waals surface area (Å²) in [6.07, 6.45) is 0.355. The Morgan fingerprint density at radius 3 is 2.47 bits per heavy atom. The van der Waals surface area contributed by atoms with Gasteiger partial charge in [-0.2, -0.15) is 0 Å². The van der Waals surface area contributed by atoms with Crippen molar-refractivity contribution in [3.05, 3.63) is 29.8 Å². The van der Waals surface area contributed by atoms with Crippen molar-refractivity contribution in [3.63, 3.8) is 0 Å². The molecular weight excluding hydrogens is 216 g/mol. The normalized spacial score (nSPS) is 11.2. The first-order chi connectivity index (χ1) is 7.93. The first kappa shape index (κ1) is 13.5. The van der Waals surface area contributed by atoms with E-state index in [1.807, 2.05) is 26.0 Å². The summed E-state index contributed by atoms with van der Waals surface area (Å²) in [5, 5.41) is 2.93. The van der Waals surface area contributed by atoms with Gasteiger partial charge in [0.25, 0.3) is 0 Å². The number of anilines is 1. The van der Waals surface area contributed by atoms with Crippen molar-refractivity contribution >= 4 is 11.6 Å². The zero-order valence-electron chi connectivity index (χ0n) is 10.6. The summed E-state index contributed by atoms with van der Waals surface area (Å²) in [6.45, 7) is 4.34. The minimum atomic E-state index is -0.348. The molecule has 0 saturated carbocycles. The molecule has 1 rings (SSSR count). The van der Waals surface area contributed by atoms with E-state index in [9.17, 15) is 4.79 Å². The van der Waals surface area contributed by atoms with Crippen molar-refractivity contribution < 1.29 is 9.53 Å². The highest BCUT2D eigenvalue weighted by molar-refractivity contribution is 5.79. The second-order valence-electron chi connectivity index (χ2n) is 4.78. The molecule has 17 heavy (non-hydrogen) atoms. The van der Waals surface area contributed by atoms with Crippen LogP contribution < -0.4 is 11.1 Å². The lowest BCUT2D eigenvalue weighted by Gasteiger charge is -2.25. The molecule has 0 unspecified atom stereocenters. The van der Waals surface area contributed by atoms with Crippen LogP contribution in [0.5, 0.6) is 0 Å². The molecule has 0 radical (unpaired) electrons. The number of nitrogen functional groups attached to an aromatic ring is 1. The predicted molar refractivity (Wildman–Crippen MR) is 68.7 cm³/mol. The zero-order valence-corrected chi connectivity index (χ0v) is 10.6. The minimum Gasteiger partial charge on any atom is -0.399 e. The van der Waals surface area contributed by atoms with Crippen LogP contribution in [-0.2, 0) is 16.0 Å². The molecule has 1 aromatic rings. The largest absolute Gasteiger partial charge is 0.399 e. The molecule has 4 heteroatoms. The van der Waals surface area contributed by atoms with E-state index in [1.54, 1.807) is 19.2 Å². The molecule has 1 aromatic carbocycles. The first-order valence-corrected chi connectivity index (χ1v) is 5.57. The van der Waals surface area contributed by atoms with Crippen molar-refractivity contribution in [2.45, 2.75) is 25.8 Å². The lowest BCUT2D eigenvalue weighted by Crippen LogP contribution is -2.47. The summed E-state index contributed by atoms with van der Waals surface area (Å²) in [4.78, 5) is 11.8. The molecule has 0 spiro atoms. The number of methoxy groups -OCH3 is 1. The van der Waals surface area contributed by atoms with Gasteiger partial charge in [0.2, 0.25) is 5.91 Å². The number of nitrogens with one attached hydrogen (secondary N) is 1. The quantitative estimate of drug-likeness (QED) is 0.758. The van der Waals surface area contributed by atoms with E-state index in [4.69, 9.17) is 10.5 Å². The topological polar surface area (TPSA) is 64.3 Å². The van der Waals surface area contributed by atoms with Gasteiger partial charge in [-0.25, -0.2) is 0 Å². The number of benzene rings is 1. The lowest BCUT2D eigenvalue weighted by molar-refractivity contribution is -0.122. The van der Waals surface area contributed by atoms with E-state index < -0.39 is 0 Å². The highest BCUT2D eigenvalue weighted by atomic mass is 16.5. The van der Waals surface area contributed by atoms with Gasteiger partial charge in [0.15, 0.2) is 0 Å². The third-order valence-electron chi connectivity index (χ3n) is 2.33. The van der Waals surface area contributed by atoms with Crippen LogP contribution in [-0.4, -0.2) is 25.2 Å². The molecule has 0 aromatic heterocycles. The zero-order chi connectivity index (χ0) is 12.9. The number of hydrogen-bond acceptors (Lipinski definition) is 3. The fourth-order valence-electron chi connectivity index (χ4n) is 1.64. The van der Waals surface area contributed by atoms with E-state index in [-0.39, 0.29) is 11.4 Å². The summed E-state index contributed by atoms with van der Waals surface area (Å²) in [5.74, 6) is -0.0168. The van der Waals surface area contributed by atoms with Crippen molar-refractivity contribution in [1.29, 1.82) is 0 Å². The molecule has 94 valence electrons. The number of ether oxygens (including phenoxy) is 1. The first-order valence-electron chi connectivity index (χ1n) is 5.57. The molecule has 0 heterocycles. The predicted octanol–water partition coefficient (Wildman–Crippen LogP) is 1.35. The molecule has 0 atom stereocenters. The van der Waals surface area contributed by atoms with Crippen molar-refractivity contribution in [1.82, 2.24) is 5.32 Å². The maximum atomic E-state index is 11.8. The van der Waals surface area contributed by atoms with E-state index in [0.29, 0.717) is 18.7 Å². The molecule has 0 saturated heterocycles. The van der Waals surface area contributed by atoms with E-state index in [2.05, 4.69) is 5.32 Å². The molecule has 0 bridgehead atoms. The van der Waals surface area contributed by atoms with E-state index >= 15 is 0 Å². The third kappa shape index (κ3) is 4.87. The number of nitrogens with two attached hydrogens (primary N) is 1. The van der Waals surface area contributed by atoms with Gasteiger partial charge < -0.3 is 15.8 Å². The van der Waals surface area contributed by atoms with Crippen LogP contribution in [0.1, 0.15) is 19.4 Å². The van der Waals surface area contributed by atoms with Crippen LogP contribution in [0.2, 0.25) is 0 Å². The Morgan fingerprint density at radius 2 is 1.94 bits per heavy atom. The Bertz CT molecular complexity index is 372. The number of amides is 1. The summed E-state index contributed by atoms with van der Waals surface area (Å²) in [6, 6.07) is 7.31. The fraction of sp³-hybridized carbons (Fsp3) is 0.462. The smallest absolute Gasteiger partial charge is 0.224 e. The SMILES string of the molecule is COCC(C)(C)NC(=O)Cc1ccc(N)cc1. The fourth-order valence-corrected chi connectivity index (χ4v) is 1.64. The summed E-state index contributed by atoms with van der Waals surface area (Å²) in [7, 11) is 1.62. The maximum absolute atomic E-state index is 11.8. The van der Waals surface area contributed by atoms with Crippen LogP contribution in [0.3, 0.4) is 0 Å². The average molecular weight is 236 g/mol. The molecule has 1 amide bonds. The van der Waals surface area contributed by atoms with Crippen LogP contribution >= 0.6 is 0 Å². The number of carbonyl (C=O) groups is 1. The van der Waals surface area contributed by atoms with Crippen molar-refractivity contribution in [2.75, 3.05) is 19.5 Å². The van der Waals surface area contributed by atoms with Crippen molar-refractivity contribution in [2.24, 2.45) is 0 Å². The number of hydrogen-bond donors (Lipinski definition) is 2. The Kier molecular flexibility index (Phi) is 4.52. The summed E-state index contributed by atoms with van der Waals surface area (Å²) >= 11 is 0. The number of rotatable bonds is 5. The van der Waals surface area contributed by atoms with Gasteiger partial charge in [0.1, 0.15) is 0 Å². The highest BCUT2D eigenvalue weighted by Gasteiger charge is 2.19. The van der Waals surface area contributed by atoms with E-state index in [1.165, 1.54) is 0 Å². The van der Waals surface area contributed by atoms with Crippen molar-refractivity contribution in [3.8, 4) is 0 Å². The monoisotopic (exact) mass is 236 g/mol. The van der Waals surface area contributed by atoms with Crippen LogP contribution in [0, 0.1) is 0 Å². The molecule has 0 aliphatic heterocycles. The molecule has 0 aliphatic rings. The molecule has 4 nitrogen and oxygen atoms in total. The molecule has 0 aliphatic carbocycles. The molecule has 3 N–H and O–H groups in total. The van der Waals surface area contributed by atoms with Gasteiger partial charge in [-0.3, -0.25) is 4.79 Å². The lowest BCUT2D eigenvalue weighted by atomic mass is 10.1. The second kappa shape index (κ2) is 5.68. The Morgan fingerprint density at radius 1 is 1.35 bits per heavy atom. The Labute approximate surface area is 102 Å². The van der Waals surface area contributed by atoms with Gasteiger partial charge in [-0.1, -0.05) is 12.1 Å². The van der Waals surface area contributed by atoms with Gasteiger partial charge in [-0.15, -0.1) is 0 Å². The summed E-state index contributed by atoms with van der Waals surface area (Å²) < 4.78 is 5.04. The van der Waals surface area contributed by atoms with Crippen LogP contribution in [0.15, 0.2) is 24.3 Å². The molecular formula is C13H20N2O2. The van der Waals surface area contributed by atoms with Crippen LogP contribution in [0.25, 0.3) is 0 Å². The Hall–Kier alpha value is -1.55. The second-order valence-corrected chi connectivity index (χ2v) is 4.78. The summed E-state index contributed by atoms with van der Waals surface area (Å²) in [5.41, 5.74) is 6.89. The third-order valence-corrected chi connectivity index (χ3v) is 2.33. The average Bonchev–Trinajstić information content (AvgIpc) is 2.20. The maximum Gasteiger partial charge on any atom is 0.224 e. The minimum absolute atomic E-state index is 0.0168. The van der Waals surface area contributed by atoms with Gasteiger partial charge >= 0.3 is 0 Å². The van der Waals surface area contributed by atoms with Crippen LogP contribution in [0.4, 0.5) is 5.69 Å². The Balaban J connectivity index is 2.52. The van der Waals surface area contributed by atoms with Gasteiger partial charge in [0, 0.05) is 12.8 Å². The highest BCUT2D eigenvalue weighted by Crippen LogP contribution is 2.08. The molecule has 0 fully saturated rings. The van der Waals surface area contributed by atoms with Gasteiger partial charge in [-0.05, 0) is 31.5 Å². The number of carbonyl (C=O) groups excluding carboxylic acids is 1.